The van der Waals surface area contributed by atoms with Gasteiger partial charge in [-0.15, -0.1) is 12.3 Å². The summed E-state index contributed by atoms with van der Waals surface area (Å²) in [6.45, 7) is 0. The van der Waals surface area contributed by atoms with Crippen molar-refractivity contribution in [3.05, 3.63) is 33.8 Å². The van der Waals surface area contributed by atoms with Crippen molar-refractivity contribution in [2.75, 3.05) is 0 Å². The number of alkyl halides is 3. The summed E-state index contributed by atoms with van der Waals surface area (Å²) in [7, 11) is 0. The number of benzene rings is 1. The van der Waals surface area contributed by atoms with Gasteiger partial charge in [-0.3, -0.25) is 11.3 Å². The number of nitrogens with two attached hydrogens (primary N) is 1. The van der Waals surface area contributed by atoms with Crippen molar-refractivity contribution in [1.82, 2.24) is 5.43 Å². The lowest BCUT2D eigenvalue weighted by atomic mass is 10.0. The Kier molecular flexibility index (Phi) is 4.57. The molecule has 92 valence electrons. The third-order valence-corrected chi connectivity index (χ3v) is 2.91. The molecular formula is C11H10BrF3N2. The van der Waals surface area contributed by atoms with E-state index in [0.717, 1.165) is 6.07 Å². The molecule has 1 aromatic rings. The van der Waals surface area contributed by atoms with Crippen LogP contribution in [0.1, 0.15) is 23.6 Å². The molecular weight excluding hydrogens is 297 g/mol. The predicted octanol–water partition coefficient (Wildman–Crippen LogP) is 3.00. The van der Waals surface area contributed by atoms with E-state index in [9.17, 15) is 13.2 Å². The molecule has 3 N–H and O–H groups in total. The highest BCUT2D eigenvalue weighted by molar-refractivity contribution is 9.10. The average molecular weight is 307 g/mol. The fourth-order valence-corrected chi connectivity index (χ4v) is 1.84. The Balaban J connectivity index is 3.17. The summed E-state index contributed by atoms with van der Waals surface area (Å²) < 4.78 is 38.0. The number of halogens is 4. The Morgan fingerprint density at radius 2 is 2.12 bits per heavy atom. The molecule has 0 amide bonds. The number of hydrazine groups is 1. The molecule has 0 aromatic heterocycles. The average Bonchev–Trinajstić information content (AvgIpc) is 2.25. The molecule has 0 aliphatic heterocycles. The second kappa shape index (κ2) is 5.54. The van der Waals surface area contributed by atoms with Crippen LogP contribution in [-0.4, -0.2) is 0 Å². The highest BCUT2D eigenvalue weighted by Crippen LogP contribution is 2.36. The summed E-state index contributed by atoms with van der Waals surface area (Å²) in [5.41, 5.74) is 2.05. The summed E-state index contributed by atoms with van der Waals surface area (Å²) in [6, 6.07) is 3.42. The van der Waals surface area contributed by atoms with Crippen molar-refractivity contribution in [3.63, 3.8) is 0 Å². The first kappa shape index (κ1) is 14.0. The molecule has 2 nitrogen and oxygen atoms in total. The van der Waals surface area contributed by atoms with Crippen LogP contribution in [0.4, 0.5) is 13.2 Å². The zero-order valence-corrected chi connectivity index (χ0v) is 10.3. The maximum Gasteiger partial charge on any atom is 0.417 e. The van der Waals surface area contributed by atoms with Crippen molar-refractivity contribution < 1.29 is 13.2 Å². The van der Waals surface area contributed by atoms with Crippen LogP contribution in [0.2, 0.25) is 0 Å². The number of terminal acetylenes is 1. The van der Waals surface area contributed by atoms with Gasteiger partial charge in [-0.05, 0) is 17.7 Å². The molecule has 1 aromatic carbocycles. The summed E-state index contributed by atoms with van der Waals surface area (Å²) in [4.78, 5) is 0. The summed E-state index contributed by atoms with van der Waals surface area (Å²) in [6.07, 6.45) is 0.924. The normalized spacial score (nSPS) is 13.2. The van der Waals surface area contributed by atoms with Gasteiger partial charge in [-0.25, -0.2) is 0 Å². The van der Waals surface area contributed by atoms with Gasteiger partial charge >= 0.3 is 6.18 Å². The van der Waals surface area contributed by atoms with Gasteiger partial charge in [0.15, 0.2) is 0 Å². The topological polar surface area (TPSA) is 38.0 Å². The Hall–Kier alpha value is -1.03. The SMILES string of the molecule is C#CCC(NN)c1ccc(Br)c(C(F)(F)F)c1. The molecule has 1 rings (SSSR count). The van der Waals surface area contributed by atoms with E-state index in [0.29, 0.717) is 5.56 Å². The molecule has 0 heterocycles. The molecule has 0 fully saturated rings. The minimum absolute atomic E-state index is 0.00905. The molecule has 0 aliphatic rings. The van der Waals surface area contributed by atoms with Crippen molar-refractivity contribution in [1.29, 1.82) is 0 Å². The maximum absolute atomic E-state index is 12.7. The molecule has 17 heavy (non-hydrogen) atoms. The molecule has 0 spiro atoms. The van der Waals surface area contributed by atoms with Crippen LogP contribution in [0.5, 0.6) is 0 Å². The zero-order valence-electron chi connectivity index (χ0n) is 8.68. The lowest BCUT2D eigenvalue weighted by Gasteiger charge is -2.16. The zero-order chi connectivity index (χ0) is 13.1. The van der Waals surface area contributed by atoms with Gasteiger partial charge < -0.3 is 0 Å². The van der Waals surface area contributed by atoms with E-state index in [1.165, 1.54) is 6.07 Å². The minimum Gasteiger partial charge on any atom is -0.271 e. The van der Waals surface area contributed by atoms with E-state index in [1.54, 1.807) is 6.07 Å². The van der Waals surface area contributed by atoms with Gasteiger partial charge in [0.2, 0.25) is 0 Å². The number of rotatable bonds is 3. The molecule has 1 unspecified atom stereocenters. The van der Waals surface area contributed by atoms with Crippen LogP contribution < -0.4 is 11.3 Å². The van der Waals surface area contributed by atoms with Gasteiger partial charge in [0, 0.05) is 10.9 Å². The Labute approximate surface area is 105 Å². The second-order valence-electron chi connectivity index (χ2n) is 3.36. The molecule has 0 saturated heterocycles. The maximum atomic E-state index is 12.7. The molecule has 0 bridgehead atoms. The molecule has 1 atom stereocenters. The fourth-order valence-electron chi connectivity index (χ4n) is 1.37. The lowest BCUT2D eigenvalue weighted by Crippen LogP contribution is -2.28. The summed E-state index contributed by atoms with van der Waals surface area (Å²) >= 11 is 2.86. The fraction of sp³-hybridized carbons (Fsp3) is 0.273. The number of hydrogen-bond acceptors (Lipinski definition) is 2. The Bertz CT molecular complexity index is 437. The monoisotopic (exact) mass is 306 g/mol. The third-order valence-electron chi connectivity index (χ3n) is 2.22. The Morgan fingerprint density at radius 3 is 2.59 bits per heavy atom. The van der Waals surface area contributed by atoms with Crippen LogP contribution in [-0.2, 0) is 6.18 Å². The van der Waals surface area contributed by atoms with Gasteiger partial charge in [-0.2, -0.15) is 13.2 Å². The van der Waals surface area contributed by atoms with Gasteiger partial charge in [0.05, 0.1) is 11.6 Å². The molecule has 0 saturated carbocycles. The first-order chi connectivity index (χ1) is 7.90. The van der Waals surface area contributed by atoms with Crippen LogP contribution in [0.25, 0.3) is 0 Å². The van der Waals surface area contributed by atoms with E-state index in [4.69, 9.17) is 12.3 Å². The predicted molar refractivity (Wildman–Crippen MR) is 62.7 cm³/mol. The molecule has 6 heteroatoms. The van der Waals surface area contributed by atoms with Gasteiger partial charge in [0.1, 0.15) is 0 Å². The minimum atomic E-state index is -4.41. The largest absolute Gasteiger partial charge is 0.417 e. The van der Waals surface area contributed by atoms with Crippen LogP contribution >= 0.6 is 15.9 Å². The first-order valence-corrected chi connectivity index (χ1v) is 5.45. The molecule has 0 radical (unpaired) electrons. The van der Waals surface area contributed by atoms with E-state index in [2.05, 4.69) is 27.3 Å². The highest BCUT2D eigenvalue weighted by Gasteiger charge is 2.33. The first-order valence-electron chi connectivity index (χ1n) is 4.66. The smallest absolute Gasteiger partial charge is 0.271 e. The van der Waals surface area contributed by atoms with Crippen LogP contribution in [0, 0.1) is 12.3 Å². The number of hydrogen-bond donors (Lipinski definition) is 2. The third kappa shape index (κ3) is 3.46. The van der Waals surface area contributed by atoms with E-state index in [-0.39, 0.29) is 10.9 Å². The lowest BCUT2D eigenvalue weighted by molar-refractivity contribution is -0.138. The highest BCUT2D eigenvalue weighted by atomic mass is 79.9. The van der Waals surface area contributed by atoms with Crippen LogP contribution in [0.15, 0.2) is 22.7 Å². The second-order valence-corrected chi connectivity index (χ2v) is 4.22. The van der Waals surface area contributed by atoms with Crippen LogP contribution in [0.3, 0.4) is 0 Å². The van der Waals surface area contributed by atoms with E-state index in [1.807, 2.05) is 0 Å². The van der Waals surface area contributed by atoms with Crippen molar-refractivity contribution in [3.8, 4) is 12.3 Å². The quantitative estimate of drug-likeness (QED) is 0.512. The van der Waals surface area contributed by atoms with Crippen molar-refractivity contribution in [2.24, 2.45) is 5.84 Å². The summed E-state index contributed by atoms with van der Waals surface area (Å²) in [5.74, 6) is 7.60. The van der Waals surface area contributed by atoms with Gasteiger partial charge in [-0.1, -0.05) is 22.0 Å². The molecule has 0 aliphatic carbocycles. The Morgan fingerprint density at radius 1 is 1.47 bits per heavy atom. The summed E-state index contributed by atoms with van der Waals surface area (Å²) in [5, 5.41) is 0. The van der Waals surface area contributed by atoms with Crippen molar-refractivity contribution >= 4 is 15.9 Å². The van der Waals surface area contributed by atoms with Crippen molar-refractivity contribution in [2.45, 2.75) is 18.6 Å². The van der Waals surface area contributed by atoms with Gasteiger partial charge in [0.25, 0.3) is 0 Å². The van der Waals surface area contributed by atoms with E-state index >= 15 is 0 Å². The standard InChI is InChI=1S/C11H10BrF3N2/c1-2-3-10(17-16)7-4-5-9(12)8(6-7)11(13,14)15/h1,4-6,10,17H,3,16H2. The number of nitrogens with one attached hydrogen (secondary N) is 1. The van der Waals surface area contributed by atoms with E-state index < -0.39 is 17.8 Å².